The van der Waals surface area contributed by atoms with E-state index in [-0.39, 0.29) is 25.2 Å². The normalized spacial score (nSPS) is 20.2. The van der Waals surface area contributed by atoms with Gasteiger partial charge in [0.05, 0.1) is 25.6 Å². The molecule has 4 atom stereocenters. The maximum absolute atomic E-state index is 13.5. The Kier molecular flexibility index (Phi) is 7.26. The third-order valence-electron chi connectivity index (χ3n) is 5.31. The highest BCUT2D eigenvalue weighted by atomic mass is 31.2. The number of nitrogens with zero attached hydrogens (tertiary/aromatic N) is 4. The van der Waals surface area contributed by atoms with E-state index in [1.807, 2.05) is 22.8 Å². The molecule has 11 nitrogen and oxygen atoms in total. The van der Waals surface area contributed by atoms with E-state index in [2.05, 4.69) is 20.0 Å². The van der Waals surface area contributed by atoms with Crippen LogP contribution in [0.15, 0.2) is 55.1 Å². The predicted molar refractivity (Wildman–Crippen MR) is 126 cm³/mol. The van der Waals surface area contributed by atoms with Crippen molar-refractivity contribution in [2.24, 2.45) is 5.92 Å². The number of carbonyl (C=O) groups excluding carboxylic acids is 1. The minimum Gasteiger partial charge on any atom is -0.465 e. The summed E-state index contributed by atoms with van der Waals surface area (Å²) < 4.78 is 31.9. The molecule has 1 aliphatic carbocycles. The molecule has 0 fully saturated rings. The van der Waals surface area contributed by atoms with Crippen LogP contribution in [-0.2, 0) is 18.6 Å². The number of nitrogens with two attached hydrogens (primary N) is 1. The fourth-order valence-corrected chi connectivity index (χ4v) is 5.20. The minimum absolute atomic E-state index is 0.0197. The van der Waals surface area contributed by atoms with Gasteiger partial charge in [0.1, 0.15) is 23.6 Å². The van der Waals surface area contributed by atoms with Crippen LogP contribution in [0.1, 0.15) is 26.3 Å². The molecule has 1 aliphatic rings. The van der Waals surface area contributed by atoms with E-state index in [1.54, 1.807) is 44.4 Å². The van der Waals surface area contributed by atoms with E-state index in [4.69, 9.17) is 19.5 Å². The monoisotopic (exact) mass is 486 g/mol. The second-order valence-electron chi connectivity index (χ2n) is 7.83. The Morgan fingerprint density at radius 3 is 2.82 bits per heavy atom. The Balaban J connectivity index is 1.43. The first-order valence-corrected chi connectivity index (χ1v) is 12.5. The lowest BCUT2D eigenvalue weighted by Crippen LogP contribution is -2.35. The Hall–Kier alpha value is -3.27. The lowest BCUT2D eigenvalue weighted by molar-refractivity contribution is -0.144. The summed E-state index contributed by atoms with van der Waals surface area (Å²) in [7, 11) is -3.89. The van der Waals surface area contributed by atoms with Crippen LogP contribution in [0.4, 0.5) is 5.82 Å². The quantitative estimate of drug-likeness (QED) is 0.249. The van der Waals surface area contributed by atoms with Crippen molar-refractivity contribution in [2.45, 2.75) is 32.4 Å². The molecular weight excluding hydrogens is 459 g/mol. The van der Waals surface area contributed by atoms with Crippen molar-refractivity contribution in [1.29, 1.82) is 0 Å². The first kappa shape index (κ1) is 23.9. The van der Waals surface area contributed by atoms with Crippen molar-refractivity contribution in [3.8, 4) is 5.75 Å². The largest absolute Gasteiger partial charge is 0.465 e. The van der Waals surface area contributed by atoms with Crippen LogP contribution in [0, 0.1) is 5.92 Å². The second kappa shape index (κ2) is 10.3. The van der Waals surface area contributed by atoms with Crippen LogP contribution in [0.5, 0.6) is 5.75 Å². The first-order valence-electron chi connectivity index (χ1n) is 10.9. The topological polar surface area (TPSA) is 143 Å². The molecule has 1 aromatic carbocycles. The number of aromatic nitrogens is 4. The number of benzene rings is 1. The number of ether oxygens (including phenoxy) is 1. The molecular formula is C22H27N6O5P. The number of anilines is 1. The van der Waals surface area contributed by atoms with E-state index < -0.39 is 19.8 Å². The van der Waals surface area contributed by atoms with Gasteiger partial charge in [-0.05, 0) is 32.4 Å². The van der Waals surface area contributed by atoms with Crippen LogP contribution in [0.25, 0.3) is 11.2 Å². The summed E-state index contributed by atoms with van der Waals surface area (Å²) in [6, 6.07) is 7.74. The number of fused-ring (bicyclic) bond motifs is 1. The zero-order valence-electron chi connectivity index (χ0n) is 18.9. The van der Waals surface area contributed by atoms with E-state index in [1.165, 1.54) is 6.33 Å². The average molecular weight is 486 g/mol. The van der Waals surface area contributed by atoms with Gasteiger partial charge in [-0.15, -0.1) is 0 Å². The van der Waals surface area contributed by atoms with Crippen LogP contribution in [0.2, 0.25) is 0 Å². The van der Waals surface area contributed by atoms with Crippen molar-refractivity contribution < 1.29 is 23.1 Å². The number of carbonyl (C=O) groups is 1. The van der Waals surface area contributed by atoms with Crippen molar-refractivity contribution in [3.63, 3.8) is 0 Å². The molecule has 0 amide bonds. The van der Waals surface area contributed by atoms with Crippen LogP contribution in [0.3, 0.4) is 0 Å². The lowest BCUT2D eigenvalue weighted by atomic mass is 10.1. The maximum Gasteiger partial charge on any atom is 0.459 e. The van der Waals surface area contributed by atoms with E-state index in [0.717, 1.165) is 0 Å². The molecule has 0 bridgehead atoms. The van der Waals surface area contributed by atoms with Crippen molar-refractivity contribution in [3.05, 3.63) is 55.1 Å². The summed E-state index contributed by atoms with van der Waals surface area (Å²) in [6.45, 7) is 3.58. The van der Waals surface area contributed by atoms with Gasteiger partial charge in [0.2, 0.25) is 0 Å². The van der Waals surface area contributed by atoms with E-state index in [0.29, 0.717) is 29.2 Å². The van der Waals surface area contributed by atoms with Gasteiger partial charge in [-0.2, -0.15) is 5.09 Å². The smallest absolute Gasteiger partial charge is 0.459 e. The average Bonchev–Trinajstić information content (AvgIpc) is 3.46. The standard InChI is InChI=1S/C22H27N6O5P/c1-3-31-22(29)15(2)27-34(30,33-18-7-5-4-6-8-18)32-12-16-9-10-17(11-16)28-14-26-19-20(23)24-13-25-21(19)28/h4-10,13-17H,3,11-12H2,1-2H3,(H,27,30)(H2,23,24,25)/t15-,16-,17+,34?/m0/s1. The molecule has 1 unspecified atom stereocenters. The number of rotatable bonds is 10. The van der Waals surface area contributed by atoms with Gasteiger partial charge in [-0.1, -0.05) is 30.4 Å². The number of hydrogen-bond donors (Lipinski definition) is 2. The maximum atomic E-state index is 13.5. The fraction of sp³-hybridized carbons (Fsp3) is 0.364. The van der Waals surface area contributed by atoms with E-state index >= 15 is 0 Å². The fourth-order valence-electron chi connectivity index (χ4n) is 3.66. The molecule has 180 valence electrons. The third-order valence-corrected chi connectivity index (χ3v) is 6.96. The summed E-state index contributed by atoms with van der Waals surface area (Å²) >= 11 is 0. The predicted octanol–water partition coefficient (Wildman–Crippen LogP) is 3.27. The molecule has 4 rings (SSSR count). The van der Waals surface area contributed by atoms with Gasteiger partial charge >= 0.3 is 13.7 Å². The van der Waals surface area contributed by atoms with Crippen molar-refractivity contribution >= 4 is 30.7 Å². The Bertz CT molecular complexity index is 1220. The number of esters is 1. The van der Waals surface area contributed by atoms with Gasteiger partial charge in [-0.3, -0.25) is 9.32 Å². The zero-order valence-corrected chi connectivity index (χ0v) is 19.8. The summed E-state index contributed by atoms with van der Waals surface area (Å²) in [5.74, 6) is 0.0916. The molecule has 3 N–H and O–H groups in total. The Morgan fingerprint density at radius 1 is 1.26 bits per heavy atom. The summed E-state index contributed by atoms with van der Waals surface area (Å²) in [4.78, 5) is 24.7. The molecule has 12 heteroatoms. The summed E-state index contributed by atoms with van der Waals surface area (Å²) in [5, 5.41) is 2.69. The first-order chi connectivity index (χ1) is 16.4. The highest BCUT2D eigenvalue weighted by Crippen LogP contribution is 2.46. The molecule has 0 saturated carbocycles. The van der Waals surface area contributed by atoms with Crippen LogP contribution < -0.4 is 15.3 Å². The SMILES string of the molecule is CCOC(=O)[C@H](C)NP(=O)(OC[C@H]1C=C[C@@H](n2cnc3c(N)ncnc32)C1)Oc1ccccc1. The minimum atomic E-state index is -3.89. The van der Waals surface area contributed by atoms with E-state index in [9.17, 15) is 9.36 Å². The number of hydrogen-bond acceptors (Lipinski definition) is 9. The second-order valence-corrected chi connectivity index (χ2v) is 9.53. The van der Waals surface area contributed by atoms with Crippen LogP contribution >= 0.6 is 7.75 Å². The van der Waals surface area contributed by atoms with Crippen molar-refractivity contribution in [1.82, 2.24) is 24.6 Å². The third kappa shape index (κ3) is 5.44. The Morgan fingerprint density at radius 2 is 2.06 bits per heavy atom. The number of nitrogens with one attached hydrogen (secondary N) is 1. The number of allylic oxidation sites excluding steroid dienone is 1. The number of imidazole rings is 1. The highest BCUT2D eigenvalue weighted by Gasteiger charge is 2.34. The zero-order chi connectivity index (χ0) is 24.1. The number of nitrogen functional groups attached to an aromatic ring is 1. The van der Waals surface area contributed by atoms with Gasteiger partial charge in [-0.25, -0.2) is 19.5 Å². The van der Waals surface area contributed by atoms with Gasteiger partial charge < -0.3 is 19.6 Å². The Labute approximate surface area is 196 Å². The molecule has 0 radical (unpaired) electrons. The van der Waals surface area contributed by atoms with Gasteiger partial charge in [0, 0.05) is 5.92 Å². The van der Waals surface area contributed by atoms with Gasteiger partial charge in [0.15, 0.2) is 11.5 Å². The van der Waals surface area contributed by atoms with Gasteiger partial charge in [0.25, 0.3) is 0 Å². The molecule has 0 spiro atoms. The molecule has 3 aromatic rings. The molecule has 34 heavy (non-hydrogen) atoms. The molecule has 2 heterocycles. The lowest BCUT2D eigenvalue weighted by Gasteiger charge is -2.24. The summed E-state index contributed by atoms with van der Waals surface area (Å²) in [5.41, 5.74) is 7.08. The van der Waals surface area contributed by atoms with Crippen molar-refractivity contribution in [2.75, 3.05) is 18.9 Å². The molecule has 0 aliphatic heterocycles. The van der Waals surface area contributed by atoms with Crippen LogP contribution in [-0.4, -0.2) is 44.7 Å². The summed E-state index contributed by atoms with van der Waals surface area (Å²) in [6.07, 6.45) is 7.77. The molecule has 0 saturated heterocycles. The highest BCUT2D eigenvalue weighted by molar-refractivity contribution is 7.52. The molecule has 2 aromatic heterocycles. The number of para-hydroxylation sites is 1.